The Morgan fingerprint density at radius 2 is 1.69 bits per heavy atom. The second-order valence-electron chi connectivity index (χ2n) is 7.08. The fourth-order valence-corrected chi connectivity index (χ4v) is 2.75. The molecular formula is C21H23N3O2. The molecule has 0 unspecified atom stereocenters. The number of benzene rings is 2. The van der Waals surface area contributed by atoms with Crippen molar-refractivity contribution >= 4 is 23.2 Å². The summed E-state index contributed by atoms with van der Waals surface area (Å²) in [5.74, 6) is -0.614. The number of hydrogen-bond acceptors (Lipinski definition) is 3. The van der Waals surface area contributed by atoms with Crippen molar-refractivity contribution in [2.75, 3.05) is 16.8 Å². The molecule has 26 heavy (non-hydrogen) atoms. The summed E-state index contributed by atoms with van der Waals surface area (Å²) in [6.07, 6.45) is 0. The van der Waals surface area contributed by atoms with Crippen LogP contribution in [0.4, 0.5) is 11.4 Å². The molecule has 0 spiro atoms. The average molecular weight is 349 g/mol. The topological polar surface area (TPSA) is 73.2 Å². The summed E-state index contributed by atoms with van der Waals surface area (Å²) in [6, 6.07) is 16.4. The number of nitrogens with one attached hydrogen (secondary N) is 1. The summed E-state index contributed by atoms with van der Waals surface area (Å²) in [7, 11) is 0. The third-order valence-electron chi connectivity index (χ3n) is 4.01. The maximum absolute atomic E-state index is 12.6. The van der Waals surface area contributed by atoms with Gasteiger partial charge >= 0.3 is 0 Å². The van der Waals surface area contributed by atoms with E-state index in [4.69, 9.17) is 0 Å². The van der Waals surface area contributed by atoms with Crippen LogP contribution >= 0.6 is 0 Å². The highest BCUT2D eigenvalue weighted by Crippen LogP contribution is 2.29. The van der Waals surface area contributed by atoms with Crippen LogP contribution < -0.4 is 10.2 Å². The van der Waals surface area contributed by atoms with E-state index in [1.165, 1.54) is 11.8 Å². The first-order chi connectivity index (χ1) is 12.2. The molecule has 0 aromatic heterocycles. The Morgan fingerprint density at radius 3 is 2.31 bits per heavy atom. The van der Waals surface area contributed by atoms with Crippen LogP contribution in [0.2, 0.25) is 0 Å². The highest BCUT2D eigenvalue weighted by atomic mass is 16.2. The largest absolute Gasteiger partial charge is 0.324 e. The standard InChI is InChI=1S/C21H23N3O2/c1-15(25)24(19-12-8-5-9-16(19)13-22)14-20(26)23-18-11-7-6-10-17(18)21(2,3)4/h5-12H,14H2,1-4H3,(H,23,26). The lowest BCUT2D eigenvalue weighted by molar-refractivity contribution is -0.120. The normalized spacial score (nSPS) is 10.7. The van der Waals surface area contributed by atoms with Gasteiger partial charge < -0.3 is 10.2 Å². The highest BCUT2D eigenvalue weighted by molar-refractivity contribution is 6.02. The molecule has 0 heterocycles. The third-order valence-corrected chi connectivity index (χ3v) is 4.01. The van der Waals surface area contributed by atoms with Gasteiger partial charge in [-0.25, -0.2) is 0 Å². The van der Waals surface area contributed by atoms with E-state index < -0.39 is 0 Å². The monoisotopic (exact) mass is 349 g/mol. The minimum atomic E-state index is -0.315. The molecule has 0 aliphatic heterocycles. The molecule has 0 fully saturated rings. The molecule has 0 saturated heterocycles. The van der Waals surface area contributed by atoms with Gasteiger partial charge in [0.25, 0.3) is 0 Å². The van der Waals surface area contributed by atoms with E-state index >= 15 is 0 Å². The predicted molar refractivity (Wildman–Crippen MR) is 103 cm³/mol. The van der Waals surface area contributed by atoms with Crippen molar-refractivity contribution < 1.29 is 9.59 Å². The lowest BCUT2D eigenvalue weighted by Gasteiger charge is -2.25. The fraction of sp³-hybridized carbons (Fsp3) is 0.286. The van der Waals surface area contributed by atoms with E-state index in [0.717, 1.165) is 11.3 Å². The zero-order chi connectivity index (χ0) is 19.3. The van der Waals surface area contributed by atoms with Crippen LogP contribution in [0.5, 0.6) is 0 Å². The van der Waals surface area contributed by atoms with Gasteiger partial charge in [0.1, 0.15) is 12.6 Å². The van der Waals surface area contributed by atoms with E-state index in [2.05, 4.69) is 32.2 Å². The van der Waals surface area contributed by atoms with Gasteiger partial charge in [0, 0.05) is 12.6 Å². The molecule has 0 aliphatic carbocycles. The van der Waals surface area contributed by atoms with Crippen LogP contribution in [-0.4, -0.2) is 18.4 Å². The highest BCUT2D eigenvalue weighted by Gasteiger charge is 2.21. The van der Waals surface area contributed by atoms with Crippen molar-refractivity contribution in [1.82, 2.24) is 0 Å². The van der Waals surface area contributed by atoms with Crippen molar-refractivity contribution in [3.8, 4) is 6.07 Å². The van der Waals surface area contributed by atoms with Crippen LogP contribution in [-0.2, 0) is 15.0 Å². The second kappa shape index (κ2) is 7.83. The van der Waals surface area contributed by atoms with Crippen LogP contribution in [0, 0.1) is 11.3 Å². The Bertz CT molecular complexity index is 860. The van der Waals surface area contributed by atoms with Gasteiger partial charge in [-0.15, -0.1) is 0 Å². The second-order valence-corrected chi connectivity index (χ2v) is 7.08. The zero-order valence-corrected chi connectivity index (χ0v) is 15.5. The smallest absolute Gasteiger partial charge is 0.244 e. The molecule has 2 aromatic rings. The van der Waals surface area contributed by atoms with Crippen LogP contribution in [0.25, 0.3) is 0 Å². The first-order valence-corrected chi connectivity index (χ1v) is 8.40. The number of anilines is 2. The van der Waals surface area contributed by atoms with Crippen molar-refractivity contribution in [1.29, 1.82) is 5.26 Å². The molecule has 0 aliphatic rings. The molecule has 1 N–H and O–H groups in total. The number of nitriles is 1. The molecule has 2 rings (SSSR count). The molecule has 2 amide bonds. The maximum Gasteiger partial charge on any atom is 0.244 e. The Balaban J connectivity index is 2.26. The number of amides is 2. The summed E-state index contributed by atoms with van der Waals surface area (Å²) in [5, 5.41) is 12.1. The van der Waals surface area contributed by atoms with Crippen molar-refractivity contribution in [2.45, 2.75) is 33.1 Å². The molecule has 0 radical (unpaired) electrons. The van der Waals surface area contributed by atoms with Gasteiger partial charge in [0.2, 0.25) is 11.8 Å². The van der Waals surface area contributed by atoms with Crippen LogP contribution in [0.15, 0.2) is 48.5 Å². The van der Waals surface area contributed by atoms with Gasteiger partial charge in [-0.1, -0.05) is 51.1 Å². The van der Waals surface area contributed by atoms with E-state index in [-0.39, 0.29) is 23.8 Å². The predicted octanol–water partition coefficient (Wildman–Crippen LogP) is 3.85. The van der Waals surface area contributed by atoms with Gasteiger partial charge in [-0.05, 0) is 29.2 Å². The Kier molecular flexibility index (Phi) is 5.78. The average Bonchev–Trinajstić information content (AvgIpc) is 2.59. The summed E-state index contributed by atoms with van der Waals surface area (Å²) in [6.45, 7) is 7.44. The van der Waals surface area contributed by atoms with E-state index in [9.17, 15) is 14.9 Å². The van der Waals surface area contributed by atoms with Crippen molar-refractivity contribution in [3.05, 3.63) is 59.7 Å². The molecule has 2 aromatic carbocycles. The Hall–Kier alpha value is -3.13. The van der Waals surface area contributed by atoms with E-state index in [1.54, 1.807) is 24.3 Å². The summed E-state index contributed by atoms with van der Waals surface area (Å²) in [4.78, 5) is 26.0. The van der Waals surface area contributed by atoms with Gasteiger partial charge in [-0.2, -0.15) is 5.26 Å². The molecule has 0 saturated carbocycles. The van der Waals surface area contributed by atoms with Crippen molar-refractivity contribution in [2.24, 2.45) is 0 Å². The molecular weight excluding hydrogens is 326 g/mol. The summed E-state index contributed by atoms with van der Waals surface area (Å²) in [5.41, 5.74) is 2.40. The number of carbonyl (C=O) groups is 2. The number of nitrogens with zero attached hydrogens (tertiary/aromatic N) is 2. The minimum Gasteiger partial charge on any atom is -0.324 e. The van der Waals surface area contributed by atoms with Gasteiger partial charge in [-0.3, -0.25) is 9.59 Å². The van der Waals surface area contributed by atoms with Crippen molar-refractivity contribution in [3.63, 3.8) is 0 Å². The Morgan fingerprint density at radius 1 is 1.08 bits per heavy atom. The molecule has 0 atom stereocenters. The summed E-state index contributed by atoms with van der Waals surface area (Å²) < 4.78 is 0. The van der Waals surface area contributed by atoms with Gasteiger partial charge in [0.15, 0.2) is 0 Å². The molecule has 5 nitrogen and oxygen atoms in total. The number of carbonyl (C=O) groups excluding carboxylic acids is 2. The minimum absolute atomic E-state index is 0.127. The third kappa shape index (κ3) is 4.48. The number of hydrogen-bond donors (Lipinski definition) is 1. The van der Waals surface area contributed by atoms with E-state index in [1.807, 2.05) is 24.3 Å². The number of para-hydroxylation sites is 2. The van der Waals surface area contributed by atoms with Crippen LogP contribution in [0.1, 0.15) is 38.8 Å². The SMILES string of the molecule is CC(=O)N(CC(=O)Nc1ccccc1C(C)(C)C)c1ccccc1C#N. The lowest BCUT2D eigenvalue weighted by atomic mass is 9.86. The van der Waals surface area contributed by atoms with E-state index in [0.29, 0.717) is 11.3 Å². The van der Waals surface area contributed by atoms with Crippen LogP contribution in [0.3, 0.4) is 0 Å². The molecule has 5 heteroatoms. The fourth-order valence-electron chi connectivity index (χ4n) is 2.75. The molecule has 0 bridgehead atoms. The maximum atomic E-state index is 12.6. The lowest BCUT2D eigenvalue weighted by Crippen LogP contribution is -2.37. The number of rotatable bonds is 4. The first kappa shape index (κ1) is 19.2. The quantitative estimate of drug-likeness (QED) is 0.911. The first-order valence-electron chi connectivity index (χ1n) is 8.40. The molecule has 134 valence electrons. The zero-order valence-electron chi connectivity index (χ0n) is 15.5. The van der Waals surface area contributed by atoms with Gasteiger partial charge in [0.05, 0.1) is 11.3 Å². The summed E-state index contributed by atoms with van der Waals surface area (Å²) >= 11 is 0. The Labute approximate surface area is 154 Å².